The van der Waals surface area contributed by atoms with Gasteiger partial charge >= 0.3 is 0 Å². The number of hydrogen-bond acceptors (Lipinski definition) is 5. The summed E-state index contributed by atoms with van der Waals surface area (Å²) in [6.07, 6.45) is 1.61. The molecule has 2 aromatic rings. The first-order chi connectivity index (χ1) is 12.7. The van der Waals surface area contributed by atoms with Crippen molar-refractivity contribution >= 4 is 15.7 Å². The van der Waals surface area contributed by atoms with E-state index in [0.29, 0.717) is 24.3 Å². The van der Waals surface area contributed by atoms with Gasteiger partial charge in [0.15, 0.2) is 9.84 Å². The standard InChI is InChI=1S/C18H21FN4O3S/c1-21-5-6-23(17-11-27(25,26)10-16(17)21)18(24)13-7-12(8-14(19)9-13)15-3-4-20-22(15)2/h3-4,7-9,16-17H,5-6,10-11H2,1-2H3/t16-,17+/m1/s1. The highest BCUT2D eigenvalue weighted by Crippen LogP contribution is 2.28. The number of benzene rings is 1. The maximum Gasteiger partial charge on any atom is 0.254 e. The number of rotatable bonds is 2. The Labute approximate surface area is 157 Å². The van der Waals surface area contributed by atoms with Gasteiger partial charge in [-0.1, -0.05) is 0 Å². The average Bonchev–Trinajstić information content (AvgIpc) is 3.16. The van der Waals surface area contributed by atoms with E-state index in [2.05, 4.69) is 5.10 Å². The molecular weight excluding hydrogens is 371 g/mol. The molecule has 2 fully saturated rings. The van der Waals surface area contributed by atoms with Crippen LogP contribution in [-0.4, -0.2) is 77.6 Å². The molecule has 2 aliphatic heterocycles. The zero-order valence-corrected chi connectivity index (χ0v) is 16.0. The van der Waals surface area contributed by atoms with Gasteiger partial charge in [-0.05, 0) is 31.3 Å². The first-order valence-corrected chi connectivity index (χ1v) is 10.6. The van der Waals surface area contributed by atoms with Crippen LogP contribution in [0.15, 0.2) is 30.5 Å². The van der Waals surface area contributed by atoms with Gasteiger partial charge in [-0.15, -0.1) is 0 Å². The van der Waals surface area contributed by atoms with E-state index in [0.717, 1.165) is 0 Å². The highest BCUT2D eigenvalue weighted by molar-refractivity contribution is 7.91. The van der Waals surface area contributed by atoms with Crippen molar-refractivity contribution < 1.29 is 17.6 Å². The first-order valence-electron chi connectivity index (χ1n) is 8.76. The Morgan fingerprint density at radius 1 is 1.15 bits per heavy atom. The quantitative estimate of drug-likeness (QED) is 0.755. The van der Waals surface area contributed by atoms with E-state index in [-0.39, 0.29) is 29.0 Å². The van der Waals surface area contributed by atoms with Crippen LogP contribution >= 0.6 is 0 Å². The molecule has 0 unspecified atom stereocenters. The van der Waals surface area contributed by atoms with Crippen molar-refractivity contribution in [3.8, 4) is 11.3 Å². The number of hydrogen-bond donors (Lipinski definition) is 0. The van der Waals surface area contributed by atoms with Crippen LogP contribution in [0.4, 0.5) is 4.39 Å². The van der Waals surface area contributed by atoms with Crippen LogP contribution in [0.25, 0.3) is 11.3 Å². The predicted octanol–water partition coefficient (Wildman–Crippen LogP) is 0.779. The van der Waals surface area contributed by atoms with E-state index in [1.54, 1.807) is 35.0 Å². The number of aromatic nitrogens is 2. The van der Waals surface area contributed by atoms with Crippen molar-refractivity contribution in [2.45, 2.75) is 12.1 Å². The Morgan fingerprint density at radius 2 is 1.89 bits per heavy atom. The molecular formula is C18H21FN4O3S. The number of likely N-dealkylation sites (N-methyl/N-ethyl adjacent to an activating group) is 1. The van der Waals surface area contributed by atoms with Gasteiger partial charge in [0.1, 0.15) is 5.82 Å². The fourth-order valence-corrected chi connectivity index (χ4v) is 6.12. The third-order valence-electron chi connectivity index (χ3n) is 5.48. The lowest BCUT2D eigenvalue weighted by Crippen LogP contribution is -2.59. The monoisotopic (exact) mass is 392 g/mol. The molecule has 7 nitrogen and oxygen atoms in total. The van der Waals surface area contributed by atoms with Gasteiger partial charge in [-0.3, -0.25) is 14.4 Å². The zero-order chi connectivity index (χ0) is 19.3. The summed E-state index contributed by atoms with van der Waals surface area (Å²) in [5.74, 6) is -0.834. The maximum atomic E-state index is 14.2. The van der Waals surface area contributed by atoms with Crippen LogP contribution in [0.5, 0.6) is 0 Å². The SMILES string of the molecule is CN1CCN(C(=O)c2cc(F)cc(-c3ccnn3C)c2)[C@H]2CS(=O)(=O)C[C@H]21. The molecule has 3 heterocycles. The lowest BCUT2D eigenvalue weighted by Gasteiger charge is -2.42. The topological polar surface area (TPSA) is 75.5 Å². The molecule has 2 saturated heterocycles. The third kappa shape index (κ3) is 3.25. The summed E-state index contributed by atoms with van der Waals surface area (Å²) in [5, 5.41) is 4.08. The maximum absolute atomic E-state index is 14.2. The summed E-state index contributed by atoms with van der Waals surface area (Å²) in [4.78, 5) is 16.7. The van der Waals surface area contributed by atoms with Crippen LogP contribution in [-0.2, 0) is 16.9 Å². The summed E-state index contributed by atoms with van der Waals surface area (Å²) >= 11 is 0. The van der Waals surface area contributed by atoms with E-state index >= 15 is 0 Å². The molecule has 9 heteroatoms. The van der Waals surface area contributed by atoms with Gasteiger partial charge in [0.2, 0.25) is 0 Å². The molecule has 1 aromatic heterocycles. The highest BCUT2D eigenvalue weighted by atomic mass is 32.2. The van der Waals surface area contributed by atoms with E-state index < -0.39 is 21.7 Å². The summed E-state index contributed by atoms with van der Waals surface area (Å²) in [6.45, 7) is 1.01. The number of nitrogens with zero attached hydrogens (tertiary/aromatic N) is 4. The molecule has 1 amide bonds. The summed E-state index contributed by atoms with van der Waals surface area (Å²) in [7, 11) is 0.435. The molecule has 0 saturated carbocycles. The molecule has 4 rings (SSSR count). The van der Waals surface area contributed by atoms with E-state index in [9.17, 15) is 17.6 Å². The molecule has 0 aliphatic carbocycles. The molecule has 27 heavy (non-hydrogen) atoms. The smallest absolute Gasteiger partial charge is 0.254 e. The van der Waals surface area contributed by atoms with Gasteiger partial charge in [0.25, 0.3) is 5.91 Å². The second-order valence-electron chi connectivity index (χ2n) is 7.26. The summed E-state index contributed by atoms with van der Waals surface area (Å²) in [5.41, 5.74) is 1.48. The molecule has 2 aliphatic rings. The minimum atomic E-state index is -3.19. The van der Waals surface area contributed by atoms with Crippen molar-refractivity contribution in [3.05, 3.63) is 41.8 Å². The molecule has 0 spiro atoms. The van der Waals surface area contributed by atoms with Gasteiger partial charge < -0.3 is 4.90 Å². The van der Waals surface area contributed by atoms with Gasteiger partial charge in [-0.25, -0.2) is 12.8 Å². The van der Waals surface area contributed by atoms with E-state index in [4.69, 9.17) is 0 Å². The highest BCUT2D eigenvalue weighted by Gasteiger charge is 2.47. The van der Waals surface area contributed by atoms with Crippen molar-refractivity contribution in [1.82, 2.24) is 19.6 Å². The van der Waals surface area contributed by atoms with Gasteiger partial charge in [0.05, 0.1) is 23.2 Å². The normalized spacial score (nSPS) is 24.8. The number of piperazine rings is 1. The van der Waals surface area contributed by atoms with Crippen LogP contribution < -0.4 is 0 Å². The number of halogens is 1. The van der Waals surface area contributed by atoms with Gasteiger partial charge in [-0.2, -0.15) is 5.10 Å². The first kappa shape index (κ1) is 18.1. The Kier molecular flexibility index (Phi) is 4.31. The van der Waals surface area contributed by atoms with E-state index in [1.165, 1.54) is 12.1 Å². The molecule has 0 radical (unpaired) electrons. The summed E-state index contributed by atoms with van der Waals surface area (Å²) < 4.78 is 40.1. The van der Waals surface area contributed by atoms with Crippen LogP contribution in [0.3, 0.4) is 0 Å². The number of carbonyl (C=O) groups is 1. The second kappa shape index (κ2) is 6.42. The largest absolute Gasteiger partial charge is 0.332 e. The number of fused-ring (bicyclic) bond motifs is 1. The third-order valence-corrected chi connectivity index (χ3v) is 7.17. The molecule has 144 valence electrons. The van der Waals surface area contributed by atoms with Crippen LogP contribution in [0.1, 0.15) is 10.4 Å². The minimum Gasteiger partial charge on any atom is -0.332 e. The Balaban J connectivity index is 1.69. The van der Waals surface area contributed by atoms with Crippen LogP contribution in [0.2, 0.25) is 0 Å². The fourth-order valence-electron chi connectivity index (χ4n) is 4.06. The molecule has 0 bridgehead atoms. The number of sulfone groups is 1. The molecule has 0 N–H and O–H groups in total. The van der Waals surface area contributed by atoms with E-state index in [1.807, 2.05) is 11.9 Å². The molecule has 1 aromatic carbocycles. The van der Waals surface area contributed by atoms with Crippen molar-refractivity contribution in [1.29, 1.82) is 0 Å². The van der Waals surface area contributed by atoms with Crippen LogP contribution in [0, 0.1) is 5.82 Å². The number of aryl methyl sites for hydroxylation is 1. The van der Waals surface area contributed by atoms with Gasteiger partial charge in [0, 0.05) is 43.5 Å². The fraction of sp³-hybridized carbons (Fsp3) is 0.444. The lowest BCUT2D eigenvalue weighted by molar-refractivity contribution is 0.0409. The molecule has 2 atom stereocenters. The minimum absolute atomic E-state index is 0.0440. The summed E-state index contributed by atoms with van der Waals surface area (Å²) in [6, 6.07) is 5.35. The second-order valence-corrected chi connectivity index (χ2v) is 9.41. The Morgan fingerprint density at radius 3 is 2.59 bits per heavy atom. The average molecular weight is 392 g/mol. The van der Waals surface area contributed by atoms with Crippen molar-refractivity contribution in [2.75, 3.05) is 31.6 Å². The zero-order valence-electron chi connectivity index (χ0n) is 15.2. The van der Waals surface area contributed by atoms with Crippen molar-refractivity contribution in [2.24, 2.45) is 7.05 Å². The Hall–Kier alpha value is -2.26. The predicted molar refractivity (Wildman–Crippen MR) is 98.5 cm³/mol. The number of amides is 1. The number of carbonyl (C=O) groups excluding carboxylic acids is 1. The van der Waals surface area contributed by atoms with Crippen molar-refractivity contribution in [3.63, 3.8) is 0 Å². The lowest BCUT2D eigenvalue weighted by atomic mass is 10.0. The Bertz CT molecular complexity index is 1000.